The van der Waals surface area contributed by atoms with Gasteiger partial charge in [0.25, 0.3) is 0 Å². The molecule has 2 aromatic carbocycles. The van der Waals surface area contributed by atoms with Crippen molar-refractivity contribution in [1.82, 2.24) is 4.90 Å². The zero-order valence-electron chi connectivity index (χ0n) is 13.7. The third-order valence-electron chi connectivity index (χ3n) is 4.15. The normalized spacial score (nSPS) is 18.3. The average Bonchev–Trinajstić information content (AvgIpc) is 3.30. The van der Waals surface area contributed by atoms with Gasteiger partial charge in [0, 0.05) is 24.1 Å². The van der Waals surface area contributed by atoms with Crippen LogP contribution in [0.2, 0.25) is 0 Å². The highest BCUT2D eigenvalue weighted by Crippen LogP contribution is 2.42. The van der Waals surface area contributed by atoms with Crippen LogP contribution >= 0.6 is 11.8 Å². The number of amides is 2. The molecule has 0 bridgehead atoms. The van der Waals surface area contributed by atoms with E-state index in [9.17, 15) is 4.79 Å². The number of carbonyl (C=O) groups excluding carboxylic acids is 1. The molecule has 4 rings (SSSR count). The minimum Gasteiger partial charge on any atom is -0.497 e. The maximum Gasteiger partial charge on any atom is 0.323 e. The lowest BCUT2D eigenvalue weighted by Gasteiger charge is -2.24. The summed E-state index contributed by atoms with van der Waals surface area (Å²) in [4.78, 5) is 14.6. The van der Waals surface area contributed by atoms with Crippen LogP contribution in [0.25, 0.3) is 0 Å². The number of ether oxygens (including phenoxy) is 3. The third-order valence-corrected chi connectivity index (χ3v) is 5.42. The van der Waals surface area contributed by atoms with Crippen molar-refractivity contribution in [1.29, 1.82) is 0 Å². The van der Waals surface area contributed by atoms with E-state index in [1.807, 2.05) is 41.3 Å². The van der Waals surface area contributed by atoms with Crippen molar-refractivity contribution >= 4 is 23.5 Å². The van der Waals surface area contributed by atoms with Gasteiger partial charge in [-0.2, -0.15) is 0 Å². The van der Waals surface area contributed by atoms with Crippen molar-refractivity contribution in [3.63, 3.8) is 0 Å². The molecule has 2 aliphatic rings. The largest absolute Gasteiger partial charge is 0.497 e. The first-order valence-corrected chi connectivity index (χ1v) is 9.02. The molecule has 2 amide bonds. The maximum absolute atomic E-state index is 12.7. The first kappa shape index (κ1) is 16.0. The van der Waals surface area contributed by atoms with Gasteiger partial charge in [0.1, 0.15) is 11.1 Å². The molecule has 0 aromatic heterocycles. The number of thioether (sulfide) groups is 1. The van der Waals surface area contributed by atoms with Crippen molar-refractivity contribution in [3.8, 4) is 17.2 Å². The number of carbonyl (C=O) groups is 1. The summed E-state index contributed by atoms with van der Waals surface area (Å²) in [5, 5.41) is 2.91. The molecule has 0 radical (unpaired) electrons. The summed E-state index contributed by atoms with van der Waals surface area (Å²) in [6.45, 7) is 0.941. The van der Waals surface area contributed by atoms with E-state index in [1.54, 1.807) is 24.9 Å². The van der Waals surface area contributed by atoms with E-state index >= 15 is 0 Å². The van der Waals surface area contributed by atoms with Crippen molar-refractivity contribution in [3.05, 3.63) is 48.0 Å². The predicted molar refractivity (Wildman–Crippen MR) is 96.5 cm³/mol. The minimum atomic E-state index is -0.124. The fraction of sp³-hybridized carbons (Fsp3) is 0.278. The Morgan fingerprint density at radius 2 is 2.12 bits per heavy atom. The number of rotatable bonds is 3. The Hall–Kier alpha value is -2.54. The lowest BCUT2D eigenvalue weighted by atomic mass is 10.2. The summed E-state index contributed by atoms with van der Waals surface area (Å²) < 4.78 is 16.0. The Morgan fingerprint density at radius 1 is 1.24 bits per heavy atom. The van der Waals surface area contributed by atoms with E-state index in [-0.39, 0.29) is 18.2 Å². The Balaban J connectivity index is 1.51. The number of fused-ring (bicyclic) bond motifs is 1. The van der Waals surface area contributed by atoms with E-state index in [0.717, 1.165) is 22.8 Å². The van der Waals surface area contributed by atoms with E-state index in [1.165, 1.54) is 0 Å². The quantitative estimate of drug-likeness (QED) is 0.906. The van der Waals surface area contributed by atoms with Gasteiger partial charge in [0.15, 0.2) is 11.5 Å². The molecule has 1 unspecified atom stereocenters. The molecular weight excluding hydrogens is 340 g/mol. The van der Waals surface area contributed by atoms with Gasteiger partial charge in [0.05, 0.1) is 7.11 Å². The molecular formula is C18H18N2O4S. The van der Waals surface area contributed by atoms with Crippen LogP contribution in [0, 0.1) is 0 Å². The summed E-state index contributed by atoms with van der Waals surface area (Å²) in [6, 6.07) is 13.1. The van der Waals surface area contributed by atoms with Gasteiger partial charge >= 0.3 is 6.03 Å². The van der Waals surface area contributed by atoms with Crippen LogP contribution in [0.5, 0.6) is 17.2 Å². The third kappa shape index (κ3) is 3.19. The number of urea groups is 1. The SMILES string of the molecule is COc1cccc(NC(=O)N2CCSC2c2ccc3c(c2)OCO3)c1. The first-order valence-electron chi connectivity index (χ1n) is 7.97. The summed E-state index contributed by atoms with van der Waals surface area (Å²) in [5.41, 5.74) is 1.75. The number of nitrogens with one attached hydrogen (secondary N) is 1. The molecule has 1 saturated heterocycles. The second-order valence-corrected chi connectivity index (χ2v) is 6.88. The molecule has 1 fully saturated rings. The zero-order valence-corrected chi connectivity index (χ0v) is 14.5. The summed E-state index contributed by atoms with van der Waals surface area (Å²) in [6.07, 6.45) is 0. The standard InChI is InChI=1S/C18H18N2O4S/c1-22-14-4-2-3-13(10-14)19-18(21)20-7-8-25-17(20)12-5-6-15-16(9-12)24-11-23-15/h2-6,9-10,17H,7-8,11H2,1H3,(H,19,21). The fourth-order valence-corrected chi connectivity index (χ4v) is 4.16. The van der Waals surface area contributed by atoms with E-state index in [0.29, 0.717) is 18.0 Å². The Morgan fingerprint density at radius 3 is 3.00 bits per heavy atom. The molecule has 25 heavy (non-hydrogen) atoms. The lowest BCUT2D eigenvalue weighted by molar-refractivity contribution is 0.174. The molecule has 7 heteroatoms. The number of hydrogen-bond donors (Lipinski definition) is 1. The smallest absolute Gasteiger partial charge is 0.323 e. The van der Waals surface area contributed by atoms with Crippen molar-refractivity contribution in [2.24, 2.45) is 0 Å². The second kappa shape index (κ2) is 6.76. The predicted octanol–water partition coefficient (Wildman–Crippen LogP) is 3.70. The lowest BCUT2D eigenvalue weighted by Crippen LogP contribution is -2.34. The molecule has 130 valence electrons. The van der Waals surface area contributed by atoms with Crippen molar-refractivity contribution in [2.75, 3.05) is 31.5 Å². The molecule has 1 N–H and O–H groups in total. The van der Waals surface area contributed by atoms with Crippen LogP contribution in [0.1, 0.15) is 10.9 Å². The molecule has 0 saturated carbocycles. The van der Waals surface area contributed by atoms with Crippen LogP contribution in [0.3, 0.4) is 0 Å². The van der Waals surface area contributed by atoms with Gasteiger partial charge in [0.2, 0.25) is 6.79 Å². The van der Waals surface area contributed by atoms with Crippen LogP contribution in [0.4, 0.5) is 10.5 Å². The zero-order chi connectivity index (χ0) is 17.2. The van der Waals surface area contributed by atoms with Gasteiger partial charge in [-0.25, -0.2) is 4.79 Å². The van der Waals surface area contributed by atoms with Gasteiger partial charge in [-0.1, -0.05) is 12.1 Å². The summed E-state index contributed by atoms with van der Waals surface area (Å²) in [5.74, 6) is 3.09. The monoisotopic (exact) mass is 358 g/mol. The number of benzene rings is 2. The Labute approximate surface area is 150 Å². The average molecular weight is 358 g/mol. The topological polar surface area (TPSA) is 60.0 Å². The summed E-state index contributed by atoms with van der Waals surface area (Å²) >= 11 is 1.74. The van der Waals surface area contributed by atoms with Crippen LogP contribution in [0.15, 0.2) is 42.5 Å². The molecule has 0 spiro atoms. The second-order valence-electron chi connectivity index (χ2n) is 5.69. The number of anilines is 1. The van der Waals surface area contributed by atoms with E-state index < -0.39 is 0 Å². The number of hydrogen-bond acceptors (Lipinski definition) is 5. The highest BCUT2D eigenvalue weighted by molar-refractivity contribution is 7.99. The molecule has 6 nitrogen and oxygen atoms in total. The van der Waals surface area contributed by atoms with Gasteiger partial charge in [-0.15, -0.1) is 11.8 Å². The van der Waals surface area contributed by atoms with Crippen molar-refractivity contribution < 1.29 is 19.0 Å². The van der Waals surface area contributed by atoms with Gasteiger partial charge in [-0.05, 0) is 29.8 Å². The number of nitrogens with zero attached hydrogens (tertiary/aromatic N) is 1. The van der Waals surface area contributed by atoms with Gasteiger partial charge in [-0.3, -0.25) is 0 Å². The van der Waals surface area contributed by atoms with Crippen LogP contribution in [-0.4, -0.2) is 37.1 Å². The number of methoxy groups -OCH3 is 1. The van der Waals surface area contributed by atoms with Crippen LogP contribution < -0.4 is 19.5 Å². The summed E-state index contributed by atoms with van der Waals surface area (Å²) in [7, 11) is 1.60. The van der Waals surface area contributed by atoms with E-state index in [4.69, 9.17) is 14.2 Å². The molecule has 2 heterocycles. The molecule has 2 aliphatic heterocycles. The highest BCUT2D eigenvalue weighted by atomic mass is 32.2. The Kier molecular flexibility index (Phi) is 4.31. The molecule has 1 atom stereocenters. The first-order chi connectivity index (χ1) is 12.2. The molecule has 0 aliphatic carbocycles. The maximum atomic E-state index is 12.7. The van der Waals surface area contributed by atoms with Crippen molar-refractivity contribution in [2.45, 2.75) is 5.37 Å². The molecule has 2 aromatic rings. The fourth-order valence-electron chi connectivity index (χ4n) is 2.92. The van der Waals surface area contributed by atoms with Gasteiger partial charge < -0.3 is 24.4 Å². The Bertz CT molecular complexity index is 798. The van der Waals surface area contributed by atoms with E-state index in [2.05, 4.69) is 5.32 Å². The highest BCUT2D eigenvalue weighted by Gasteiger charge is 2.31. The minimum absolute atomic E-state index is 0.0416. The van der Waals surface area contributed by atoms with Crippen LogP contribution in [-0.2, 0) is 0 Å².